The van der Waals surface area contributed by atoms with Crippen molar-refractivity contribution in [2.75, 3.05) is 14.2 Å². The number of aryl methyl sites for hydroxylation is 1. The molecule has 8 heteroatoms. The zero-order valence-electron chi connectivity index (χ0n) is 16.6. The van der Waals surface area contributed by atoms with E-state index in [1.54, 1.807) is 26.6 Å². The molecule has 5 aromatic rings. The van der Waals surface area contributed by atoms with E-state index >= 15 is 0 Å². The number of nitrogens with zero attached hydrogens (tertiary/aromatic N) is 3. The Hall–Kier alpha value is -4.07. The van der Waals surface area contributed by atoms with Gasteiger partial charge in [0.2, 0.25) is 5.82 Å². The highest BCUT2D eigenvalue weighted by atomic mass is 16.5. The smallest absolute Gasteiger partial charge is 0.299 e. The minimum atomic E-state index is -0.343. The molecule has 3 heterocycles. The quantitative estimate of drug-likeness (QED) is 0.447. The van der Waals surface area contributed by atoms with Crippen LogP contribution in [-0.4, -0.2) is 39.7 Å². The Labute approximate surface area is 171 Å². The molecule has 5 rings (SSSR count). The second-order valence-electron chi connectivity index (χ2n) is 6.90. The molecule has 0 spiro atoms. The van der Waals surface area contributed by atoms with Crippen molar-refractivity contribution in [3.63, 3.8) is 0 Å². The molecule has 0 amide bonds. The van der Waals surface area contributed by atoms with Crippen molar-refractivity contribution < 1.29 is 18.8 Å². The van der Waals surface area contributed by atoms with Gasteiger partial charge in [0.25, 0.3) is 11.7 Å². The van der Waals surface area contributed by atoms with Gasteiger partial charge in [0.15, 0.2) is 0 Å². The number of ether oxygens (including phenoxy) is 2. The fourth-order valence-electron chi connectivity index (χ4n) is 3.63. The summed E-state index contributed by atoms with van der Waals surface area (Å²) >= 11 is 0. The minimum Gasteiger partial charge on any atom is -0.497 e. The van der Waals surface area contributed by atoms with Crippen LogP contribution in [0.1, 0.15) is 16.2 Å². The van der Waals surface area contributed by atoms with Gasteiger partial charge in [0.05, 0.1) is 19.8 Å². The number of carbonyl (C=O) groups excluding carboxylic acids is 1. The molecular weight excluding hydrogens is 384 g/mol. The van der Waals surface area contributed by atoms with E-state index in [4.69, 9.17) is 14.0 Å². The summed E-state index contributed by atoms with van der Waals surface area (Å²) in [6.45, 7) is 0. The van der Waals surface area contributed by atoms with Gasteiger partial charge in [-0.05, 0) is 36.4 Å². The van der Waals surface area contributed by atoms with Gasteiger partial charge >= 0.3 is 0 Å². The van der Waals surface area contributed by atoms with Gasteiger partial charge < -0.3 is 23.5 Å². The molecule has 1 N–H and O–H groups in total. The summed E-state index contributed by atoms with van der Waals surface area (Å²) in [5.41, 5.74) is 3.01. The highest BCUT2D eigenvalue weighted by molar-refractivity contribution is 6.14. The molecule has 0 aliphatic heterocycles. The summed E-state index contributed by atoms with van der Waals surface area (Å²) in [6, 6.07) is 11.2. The van der Waals surface area contributed by atoms with E-state index in [1.807, 2.05) is 48.0 Å². The van der Waals surface area contributed by atoms with E-state index in [-0.39, 0.29) is 11.7 Å². The van der Waals surface area contributed by atoms with Gasteiger partial charge in [0.1, 0.15) is 11.5 Å². The summed E-state index contributed by atoms with van der Waals surface area (Å²) in [5, 5.41) is 5.67. The van der Waals surface area contributed by atoms with E-state index in [0.717, 1.165) is 27.4 Å². The first-order valence-electron chi connectivity index (χ1n) is 9.26. The number of ketones is 1. The molecule has 2 aromatic carbocycles. The third-order valence-corrected chi connectivity index (χ3v) is 5.19. The lowest BCUT2D eigenvalue weighted by atomic mass is 10.1. The predicted octanol–water partition coefficient (Wildman–Crippen LogP) is 3.96. The van der Waals surface area contributed by atoms with Crippen molar-refractivity contribution in [2.45, 2.75) is 0 Å². The first-order chi connectivity index (χ1) is 14.6. The van der Waals surface area contributed by atoms with Gasteiger partial charge in [-0.25, -0.2) is 0 Å². The SMILES string of the molecule is COc1ccc2[nH]cc(-c3noc(C(=O)c4cn(C)c5ccc(OC)cc45)n3)c2c1. The normalized spacial score (nSPS) is 11.3. The third-order valence-electron chi connectivity index (χ3n) is 5.19. The van der Waals surface area contributed by atoms with Crippen LogP contribution in [0.15, 0.2) is 53.3 Å². The van der Waals surface area contributed by atoms with Gasteiger partial charge in [-0.2, -0.15) is 4.98 Å². The lowest BCUT2D eigenvalue weighted by molar-refractivity contribution is 0.0995. The highest BCUT2D eigenvalue weighted by Gasteiger charge is 2.23. The van der Waals surface area contributed by atoms with Crippen molar-refractivity contribution in [1.82, 2.24) is 19.7 Å². The molecule has 150 valence electrons. The second kappa shape index (κ2) is 6.77. The summed E-state index contributed by atoms with van der Waals surface area (Å²) < 4.78 is 17.8. The van der Waals surface area contributed by atoms with E-state index in [9.17, 15) is 4.79 Å². The molecule has 8 nitrogen and oxygen atoms in total. The van der Waals surface area contributed by atoms with Crippen LogP contribution in [0.2, 0.25) is 0 Å². The first kappa shape index (κ1) is 18.0. The molecule has 30 heavy (non-hydrogen) atoms. The molecule has 0 bridgehead atoms. The van der Waals surface area contributed by atoms with Crippen molar-refractivity contribution >= 4 is 27.6 Å². The van der Waals surface area contributed by atoms with E-state index in [1.165, 1.54) is 0 Å². The van der Waals surface area contributed by atoms with Gasteiger partial charge in [-0.1, -0.05) is 5.16 Å². The Bertz CT molecular complexity index is 1410. The Morgan fingerprint density at radius 3 is 2.57 bits per heavy atom. The number of H-pyrrole nitrogens is 1. The molecule has 0 atom stereocenters. The van der Waals surface area contributed by atoms with Crippen LogP contribution in [0.4, 0.5) is 0 Å². The standard InChI is InChI=1S/C22H18N4O4/c1-26-11-17(15-9-13(29-3)5-7-19(15)26)20(27)22-24-21(25-30-22)16-10-23-18-6-4-12(28-2)8-14(16)18/h4-11,23H,1-3H3. The number of methoxy groups -OCH3 is 2. The Kier molecular flexibility index (Phi) is 4.06. The Morgan fingerprint density at radius 2 is 1.80 bits per heavy atom. The number of benzene rings is 2. The van der Waals surface area contributed by atoms with Crippen LogP contribution >= 0.6 is 0 Å². The fourth-order valence-corrected chi connectivity index (χ4v) is 3.63. The van der Waals surface area contributed by atoms with Crippen LogP contribution in [0.3, 0.4) is 0 Å². The molecule has 0 aliphatic rings. The summed E-state index contributed by atoms with van der Waals surface area (Å²) in [6.07, 6.45) is 3.54. The molecule has 0 unspecified atom stereocenters. The maximum atomic E-state index is 13.1. The average molecular weight is 402 g/mol. The number of aromatic amines is 1. The molecule has 0 saturated carbocycles. The van der Waals surface area contributed by atoms with Gasteiger partial charge in [-0.15, -0.1) is 0 Å². The topological polar surface area (TPSA) is 95.2 Å². The molecule has 0 aliphatic carbocycles. The third kappa shape index (κ3) is 2.73. The number of carbonyl (C=O) groups is 1. The lowest BCUT2D eigenvalue weighted by Gasteiger charge is -2.01. The number of nitrogens with one attached hydrogen (secondary N) is 1. The monoisotopic (exact) mass is 402 g/mol. The largest absolute Gasteiger partial charge is 0.497 e. The Morgan fingerprint density at radius 1 is 1.07 bits per heavy atom. The van der Waals surface area contributed by atoms with Gasteiger partial charge in [-0.3, -0.25) is 4.79 Å². The zero-order valence-corrected chi connectivity index (χ0v) is 16.6. The van der Waals surface area contributed by atoms with Crippen molar-refractivity contribution in [3.05, 3.63) is 60.2 Å². The maximum Gasteiger partial charge on any atom is 0.299 e. The van der Waals surface area contributed by atoms with Crippen molar-refractivity contribution in [2.24, 2.45) is 7.05 Å². The van der Waals surface area contributed by atoms with Crippen molar-refractivity contribution in [1.29, 1.82) is 0 Å². The zero-order chi connectivity index (χ0) is 20.8. The lowest BCUT2D eigenvalue weighted by Crippen LogP contribution is -2.01. The van der Waals surface area contributed by atoms with Crippen LogP contribution < -0.4 is 9.47 Å². The second-order valence-corrected chi connectivity index (χ2v) is 6.90. The summed E-state index contributed by atoms with van der Waals surface area (Å²) in [7, 11) is 5.08. The molecule has 0 fully saturated rings. The highest BCUT2D eigenvalue weighted by Crippen LogP contribution is 2.31. The van der Waals surface area contributed by atoms with Crippen molar-refractivity contribution in [3.8, 4) is 22.9 Å². The average Bonchev–Trinajstić information content (AvgIpc) is 3.49. The van der Waals surface area contributed by atoms with E-state index in [2.05, 4.69) is 15.1 Å². The minimum absolute atomic E-state index is 0.0717. The predicted molar refractivity (Wildman–Crippen MR) is 111 cm³/mol. The van der Waals surface area contributed by atoms with E-state index < -0.39 is 0 Å². The van der Waals surface area contributed by atoms with E-state index in [0.29, 0.717) is 22.9 Å². The molecular formula is C22H18N4O4. The molecule has 3 aromatic heterocycles. The van der Waals surface area contributed by atoms with Crippen LogP contribution in [0, 0.1) is 0 Å². The van der Waals surface area contributed by atoms with Gasteiger partial charge in [0, 0.05) is 46.8 Å². The number of hydrogen-bond acceptors (Lipinski definition) is 6. The van der Waals surface area contributed by atoms with Crippen LogP contribution in [0.25, 0.3) is 33.2 Å². The Balaban J connectivity index is 1.56. The maximum absolute atomic E-state index is 13.1. The fraction of sp³-hybridized carbons (Fsp3) is 0.136. The number of rotatable bonds is 5. The summed E-state index contributed by atoms with van der Waals surface area (Å²) in [4.78, 5) is 20.7. The number of aromatic nitrogens is 4. The number of fused-ring (bicyclic) bond motifs is 2. The summed E-state index contributed by atoms with van der Waals surface area (Å²) in [5.74, 6) is 1.30. The van der Waals surface area contributed by atoms with Crippen LogP contribution in [-0.2, 0) is 7.05 Å². The molecule has 0 radical (unpaired) electrons. The number of hydrogen-bond donors (Lipinski definition) is 1. The molecule has 0 saturated heterocycles. The van der Waals surface area contributed by atoms with Crippen LogP contribution in [0.5, 0.6) is 11.5 Å². The first-order valence-corrected chi connectivity index (χ1v) is 9.26.